The maximum Gasteiger partial charge on any atom is 0.322 e. The van der Waals surface area contributed by atoms with Crippen molar-refractivity contribution >= 4 is 15.2 Å². The second kappa shape index (κ2) is 5.72. The molecule has 0 amide bonds. The lowest BCUT2D eigenvalue weighted by Crippen LogP contribution is -2.46. The third kappa shape index (κ3) is 3.24. The van der Waals surface area contributed by atoms with Gasteiger partial charge in [-0.1, -0.05) is 24.5 Å². The van der Waals surface area contributed by atoms with Gasteiger partial charge in [-0.15, -0.1) is 0 Å². The Labute approximate surface area is 108 Å². The number of allylic oxidation sites excluding steroid dienone is 2. The molecule has 0 saturated carbocycles. The molecule has 0 unspecified atom stereocenters. The van der Waals surface area contributed by atoms with Crippen molar-refractivity contribution in [2.45, 2.75) is 72.7 Å². The van der Waals surface area contributed by atoms with Crippen molar-refractivity contribution in [3.8, 4) is 0 Å². The Morgan fingerprint density at radius 1 is 1.18 bits per heavy atom. The van der Waals surface area contributed by atoms with E-state index >= 15 is 0 Å². The van der Waals surface area contributed by atoms with Crippen LogP contribution in [-0.2, 0) is 9.08 Å². The molecule has 0 aromatic carbocycles. The molecule has 0 aromatic rings. The van der Waals surface area contributed by atoms with Gasteiger partial charge in [0, 0.05) is 0 Å². The Morgan fingerprint density at radius 2 is 1.76 bits per heavy atom. The SMILES string of the molecule is CCB1O[C@H](C)[C@H](C)O[Si](C)(C)/C(C)=C\1CC. The zero-order valence-corrected chi connectivity index (χ0v) is 13.5. The minimum Gasteiger partial charge on any atom is -0.426 e. The Hall–Kier alpha value is -0.0582. The Balaban J connectivity index is 3.18. The minimum absolute atomic E-state index is 0.182. The van der Waals surface area contributed by atoms with Gasteiger partial charge in [-0.3, -0.25) is 0 Å². The van der Waals surface area contributed by atoms with Gasteiger partial charge >= 0.3 is 6.92 Å². The molecule has 1 aliphatic rings. The average molecular weight is 254 g/mol. The Kier molecular flexibility index (Phi) is 5.05. The summed E-state index contributed by atoms with van der Waals surface area (Å²) in [7, 11) is -1.72. The first-order chi connectivity index (χ1) is 7.83. The summed E-state index contributed by atoms with van der Waals surface area (Å²) in [6.07, 6.45) is 2.51. The number of hydrogen-bond acceptors (Lipinski definition) is 2. The molecule has 0 aliphatic carbocycles. The van der Waals surface area contributed by atoms with Gasteiger partial charge in [-0.25, -0.2) is 0 Å². The van der Waals surface area contributed by atoms with Crippen LogP contribution in [0.5, 0.6) is 0 Å². The van der Waals surface area contributed by atoms with E-state index in [9.17, 15) is 0 Å². The van der Waals surface area contributed by atoms with E-state index < -0.39 is 8.32 Å². The van der Waals surface area contributed by atoms with E-state index in [1.807, 2.05) is 0 Å². The van der Waals surface area contributed by atoms with Crippen LogP contribution in [0.3, 0.4) is 0 Å². The predicted octanol–water partition coefficient (Wildman–Crippen LogP) is 3.83. The van der Waals surface area contributed by atoms with Gasteiger partial charge < -0.3 is 9.08 Å². The first kappa shape index (κ1) is 15.0. The molecule has 0 saturated heterocycles. The van der Waals surface area contributed by atoms with Crippen molar-refractivity contribution in [3.63, 3.8) is 0 Å². The van der Waals surface area contributed by atoms with Crippen LogP contribution in [0.4, 0.5) is 0 Å². The molecule has 0 bridgehead atoms. The molecule has 2 atom stereocenters. The van der Waals surface area contributed by atoms with Crippen molar-refractivity contribution in [3.05, 3.63) is 10.7 Å². The summed E-state index contributed by atoms with van der Waals surface area (Å²) in [5.41, 5.74) is 1.47. The van der Waals surface area contributed by atoms with Crippen molar-refractivity contribution in [2.75, 3.05) is 0 Å². The number of hydrogen-bond donors (Lipinski definition) is 0. The second-order valence-electron chi connectivity index (χ2n) is 5.58. The molecule has 1 heterocycles. The van der Waals surface area contributed by atoms with E-state index in [0.717, 1.165) is 12.7 Å². The zero-order valence-electron chi connectivity index (χ0n) is 12.5. The average Bonchev–Trinajstić information content (AvgIpc) is 2.26. The molecular formula is C13H27BO2Si. The van der Waals surface area contributed by atoms with E-state index in [2.05, 4.69) is 47.7 Å². The van der Waals surface area contributed by atoms with E-state index in [1.165, 1.54) is 10.7 Å². The summed E-state index contributed by atoms with van der Waals surface area (Å²) < 4.78 is 12.4. The fraction of sp³-hybridized carbons (Fsp3) is 0.846. The molecule has 1 aliphatic heterocycles. The van der Waals surface area contributed by atoms with Crippen LogP contribution in [0.15, 0.2) is 10.7 Å². The van der Waals surface area contributed by atoms with Crippen LogP contribution in [-0.4, -0.2) is 27.4 Å². The molecule has 4 heteroatoms. The highest BCUT2D eigenvalue weighted by Gasteiger charge is 2.37. The molecular weight excluding hydrogens is 227 g/mol. The summed E-state index contributed by atoms with van der Waals surface area (Å²) in [4.78, 5) is 0. The molecule has 2 nitrogen and oxygen atoms in total. The van der Waals surface area contributed by atoms with Gasteiger partial charge in [0.05, 0.1) is 12.2 Å². The van der Waals surface area contributed by atoms with Crippen LogP contribution in [0.1, 0.15) is 41.0 Å². The standard InChI is InChI=1S/C13H27BO2Si/c1-8-13-12(5)17(6,7)16-11(4)10(3)15-14(13)9-2/h10-11H,8-9H2,1-7H3/b13-12-/t10-,11+/m1/s1. The third-order valence-corrected chi connectivity index (χ3v) is 7.13. The Morgan fingerprint density at radius 3 is 2.24 bits per heavy atom. The van der Waals surface area contributed by atoms with Crippen molar-refractivity contribution in [1.29, 1.82) is 0 Å². The highest BCUT2D eigenvalue weighted by atomic mass is 28.4. The minimum atomic E-state index is -1.72. The van der Waals surface area contributed by atoms with Crippen molar-refractivity contribution < 1.29 is 9.08 Å². The highest BCUT2D eigenvalue weighted by molar-refractivity contribution is 6.80. The molecule has 0 aromatic heterocycles. The summed E-state index contributed by atoms with van der Waals surface area (Å²) in [6.45, 7) is 15.8. The van der Waals surface area contributed by atoms with Gasteiger partial charge in [0.25, 0.3) is 0 Å². The van der Waals surface area contributed by atoms with Gasteiger partial charge in [0.1, 0.15) is 0 Å². The van der Waals surface area contributed by atoms with Gasteiger partial charge in [0.2, 0.25) is 8.32 Å². The fourth-order valence-corrected chi connectivity index (χ4v) is 4.97. The van der Waals surface area contributed by atoms with E-state index in [-0.39, 0.29) is 19.1 Å². The monoisotopic (exact) mass is 254 g/mol. The summed E-state index contributed by atoms with van der Waals surface area (Å²) in [6, 6.07) is 0. The Bertz CT molecular complexity index is 302. The van der Waals surface area contributed by atoms with E-state index in [0.29, 0.717) is 0 Å². The van der Waals surface area contributed by atoms with Crippen LogP contribution in [0.2, 0.25) is 19.4 Å². The van der Waals surface area contributed by atoms with Crippen LogP contribution in [0, 0.1) is 0 Å². The summed E-state index contributed by atoms with van der Waals surface area (Å²) >= 11 is 0. The van der Waals surface area contributed by atoms with Gasteiger partial charge in [-0.2, -0.15) is 0 Å². The first-order valence-electron chi connectivity index (χ1n) is 6.86. The van der Waals surface area contributed by atoms with Crippen molar-refractivity contribution in [1.82, 2.24) is 0 Å². The van der Waals surface area contributed by atoms with Crippen LogP contribution in [0.25, 0.3) is 0 Å². The fourth-order valence-electron chi connectivity index (χ4n) is 2.56. The molecule has 0 spiro atoms. The normalized spacial score (nSPS) is 34.4. The highest BCUT2D eigenvalue weighted by Crippen LogP contribution is 2.30. The lowest BCUT2D eigenvalue weighted by Gasteiger charge is -2.38. The maximum absolute atomic E-state index is 6.28. The third-order valence-electron chi connectivity index (χ3n) is 4.05. The van der Waals surface area contributed by atoms with Gasteiger partial charge in [-0.05, 0) is 46.6 Å². The summed E-state index contributed by atoms with van der Waals surface area (Å²) in [5, 5.41) is 1.48. The maximum atomic E-state index is 6.28. The zero-order chi connectivity index (χ0) is 13.2. The number of rotatable bonds is 2. The first-order valence-corrected chi connectivity index (χ1v) is 9.77. The quantitative estimate of drug-likeness (QED) is 0.697. The molecule has 0 fully saturated rings. The molecule has 17 heavy (non-hydrogen) atoms. The van der Waals surface area contributed by atoms with Crippen molar-refractivity contribution in [2.24, 2.45) is 0 Å². The molecule has 1 rings (SSSR count). The van der Waals surface area contributed by atoms with Crippen LogP contribution >= 0.6 is 0 Å². The van der Waals surface area contributed by atoms with E-state index in [4.69, 9.17) is 9.08 Å². The second-order valence-corrected chi connectivity index (χ2v) is 9.58. The molecule has 0 radical (unpaired) electrons. The lowest BCUT2D eigenvalue weighted by atomic mass is 9.56. The van der Waals surface area contributed by atoms with Gasteiger partial charge in [0.15, 0.2) is 0 Å². The lowest BCUT2D eigenvalue weighted by molar-refractivity contribution is 0.0703. The van der Waals surface area contributed by atoms with Crippen LogP contribution < -0.4 is 0 Å². The smallest absolute Gasteiger partial charge is 0.322 e. The largest absolute Gasteiger partial charge is 0.426 e. The molecule has 98 valence electrons. The predicted molar refractivity (Wildman–Crippen MR) is 77.8 cm³/mol. The topological polar surface area (TPSA) is 18.5 Å². The summed E-state index contributed by atoms with van der Waals surface area (Å²) in [5.74, 6) is 0. The molecule has 0 N–H and O–H groups in total. The van der Waals surface area contributed by atoms with E-state index in [1.54, 1.807) is 0 Å².